The van der Waals surface area contributed by atoms with E-state index >= 15 is 0 Å². The van der Waals surface area contributed by atoms with Crippen molar-refractivity contribution in [3.8, 4) is 0 Å². The molecule has 0 atom stereocenters. The molecule has 1 saturated carbocycles. The Bertz CT molecular complexity index is 1570. The van der Waals surface area contributed by atoms with Gasteiger partial charge in [-0.1, -0.05) is 80.2 Å². The lowest BCUT2D eigenvalue weighted by atomic mass is 9.81. The number of thioether (sulfide) groups is 1. The third kappa shape index (κ3) is 3.94. The van der Waals surface area contributed by atoms with Gasteiger partial charge in [0.1, 0.15) is 0 Å². The quantitative estimate of drug-likeness (QED) is 0.323. The number of rotatable bonds is 4. The monoisotopic (exact) mass is 518 g/mol. The number of likely N-dealkylation sites (N-methyl/N-ethyl adjacent to an activating group) is 1. The molecule has 3 aromatic carbocycles. The Labute approximate surface area is 230 Å². The number of hydrogen-bond donors (Lipinski definition) is 0. The molecule has 3 aliphatic rings. The fourth-order valence-corrected chi connectivity index (χ4v) is 7.38. The molecule has 0 saturated heterocycles. The molecule has 0 spiro atoms. The second-order valence-electron chi connectivity index (χ2n) is 10.6. The van der Waals surface area contributed by atoms with E-state index in [2.05, 4.69) is 116 Å². The van der Waals surface area contributed by atoms with Gasteiger partial charge >= 0.3 is 0 Å². The van der Waals surface area contributed by atoms with Crippen molar-refractivity contribution < 1.29 is 4.79 Å². The van der Waals surface area contributed by atoms with Crippen molar-refractivity contribution >= 4 is 39.7 Å². The Morgan fingerprint density at radius 1 is 0.789 bits per heavy atom. The molecule has 4 heteroatoms. The lowest BCUT2D eigenvalue weighted by Gasteiger charge is -2.26. The molecule has 3 nitrogen and oxygen atoms in total. The van der Waals surface area contributed by atoms with Crippen molar-refractivity contribution in [2.75, 3.05) is 22.9 Å². The molecule has 1 fully saturated rings. The summed E-state index contributed by atoms with van der Waals surface area (Å²) >= 11 is 1.78. The van der Waals surface area contributed by atoms with E-state index in [9.17, 15) is 4.79 Å². The maximum atomic E-state index is 13.4. The minimum Gasteiger partial charge on any atom is -0.344 e. The topological polar surface area (TPSA) is 23.6 Å². The molecule has 192 valence electrons. The van der Waals surface area contributed by atoms with Gasteiger partial charge in [-0.3, -0.25) is 4.79 Å². The third-order valence-corrected chi connectivity index (χ3v) is 9.27. The number of Topliss-reactive ketones (excluding diaryl/α,β-unsaturated/α-hetero) is 1. The van der Waals surface area contributed by atoms with Gasteiger partial charge in [-0.25, -0.2) is 0 Å². The number of nitrogens with zero attached hydrogens (tertiary/aromatic N) is 2. The zero-order valence-electron chi connectivity index (χ0n) is 22.6. The van der Waals surface area contributed by atoms with Gasteiger partial charge in [0.15, 0.2) is 5.78 Å². The zero-order chi connectivity index (χ0) is 26.4. The van der Waals surface area contributed by atoms with E-state index in [1.807, 2.05) is 6.08 Å². The molecule has 2 aliphatic heterocycles. The van der Waals surface area contributed by atoms with Crippen LogP contribution in [0.15, 0.2) is 112 Å². The van der Waals surface area contributed by atoms with Crippen LogP contribution in [0.25, 0.3) is 10.8 Å². The van der Waals surface area contributed by atoms with E-state index < -0.39 is 0 Å². The SMILES string of the molecule is CCN1/C(=C\C=C2\CC/C(=C\C=C3\N(CC)c4ccc5ccccc5c4C3(C)C)C2=O)Sc2ccccc21. The van der Waals surface area contributed by atoms with Gasteiger partial charge in [-0.05, 0) is 73.4 Å². The van der Waals surface area contributed by atoms with Gasteiger partial charge in [0, 0.05) is 45.9 Å². The molecule has 0 aromatic heterocycles. The Morgan fingerprint density at radius 2 is 1.47 bits per heavy atom. The van der Waals surface area contributed by atoms with Crippen molar-refractivity contribution in [1.29, 1.82) is 0 Å². The molecule has 0 radical (unpaired) electrons. The zero-order valence-corrected chi connectivity index (χ0v) is 23.4. The molecule has 2 heterocycles. The van der Waals surface area contributed by atoms with Gasteiger partial charge in [-0.2, -0.15) is 0 Å². The average Bonchev–Trinajstić information content (AvgIpc) is 3.54. The lowest BCUT2D eigenvalue weighted by Crippen LogP contribution is -2.25. The molecule has 0 amide bonds. The summed E-state index contributed by atoms with van der Waals surface area (Å²) in [5.74, 6) is 0.184. The number of anilines is 2. The van der Waals surface area contributed by atoms with E-state index in [0.717, 1.165) is 37.1 Å². The minimum atomic E-state index is -0.147. The van der Waals surface area contributed by atoms with Crippen LogP contribution in [-0.4, -0.2) is 18.9 Å². The molecular formula is C34H34N2OS. The van der Waals surface area contributed by atoms with Crippen LogP contribution in [0.3, 0.4) is 0 Å². The summed E-state index contributed by atoms with van der Waals surface area (Å²) < 4.78 is 0. The molecule has 0 bridgehead atoms. The highest BCUT2D eigenvalue weighted by molar-refractivity contribution is 8.03. The average molecular weight is 519 g/mol. The first-order valence-electron chi connectivity index (χ1n) is 13.6. The number of carbonyl (C=O) groups excluding carboxylic acids is 1. The van der Waals surface area contributed by atoms with Crippen molar-refractivity contribution in [3.63, 3.8) is 0 Å². The Hall–Kier alpha value is -3.50. The van der Waals surface area contributed by atoms with Crippen molar-refractivity contribution in [2.24, 2.45) is 0 Å². The van der Waals surface area contributed by atoms with Crippen LogP contribution in [0.4, 0.5) is 11.4 Å². The van der Waals surface area contributed by atoms with E-state index in [1.54, 1.807) is 11.8 Å². The molecule has 1 aliphatic carbocycles. The third-order valence-electron chi connectivity index (χ3n) is 8.14. The second-order valence-corrected chi connectivity index (χ2v) is 11.7. The van der Waals surface area contributed by atoms with E-state index in [1.165, 1.54) is 43.3 Å². The fourth-order valence-electron chi connectivity index (χ4n) is 6.25. The van der Waals surface area contributed by atoms with Crippen LogP contribution < -0.4 is 9.80 Å². The number of ketones is 1. The highest BCUT2D eigenvalue weighted by Crippen LogP contribution is 2.51. The minimum absolute atomic E-state index is 0.147. The van der Waals surface area contributed by atoms with Gasteiger partial charge in [0.25, 0.3) is 0 Å². The predicted molar refractivity (Wildman–Crippen MR) is 162 cm³/mol. The van der Waals surface area contributed by atoms with Gasteiger partial charge in [-0.15, -0.1) is 0 Å². The van der Waals surface area contributed by atoms with Crippen molar-refractivity contribution in [3.05, 3.63) is 112 Å². The highest BCUT2D eigenvalue weighted by Gasteiger charge is 2.40. The number of carbonyl (C=O) groups is 1. The maximum Gasteiger partial charge on any atom is 0.185 e. The van der Waals surface area contributed by atoms with Crippen LogP contribution >= 0.6 is 11.8 Å². The largest absolute Gasteiger partial charge is 0.344 e. The summed E-state index contributed by atoms with van der Waals surface area (Å²) in [5, 5.41) is 3.77. The van der Waals surface area contributed by atoms with Crippen LogP contribution in [-0.2, 0) is 10.2 Å². The summed E-state index contributed by atoms with van der Waals surface area (Å²) in [6, 6.07) is 21.6. The summed E-state index contributed by atoms with van der Waals surface area (Å²) in [6.45, 7) is 10.8. The van der Waals surface area contributed by atoms with Crippen molar-refractivity contribution in [2.45, 2.75) is 50.8 Å². The van der Waals surface area contributed by atoms with E-state index in [4.69, 9.17) is 0 Å². The summed E-state index contributed by atoms with van der Waals surface area (Å²) in [5.41, 5.74) is 6.83. The van der Waals surface area contributed by atoms with Crippen LogP contribution in [0.5, 0.6) is 0 Å². The summed E-state index contributed by atoms with van der Waals surface area (Å²) in [4.78, 5) is 19.4. The first kappa shape index (κ1) is 24.8. The number of allylic oxidation sites excluding steroid dienone is 7. The summed E-state index contributed by atoms with van der Waals surface area (Å²) in [6.07, 6.45) is 10.1. The van der Waals surface area contributed by atoms with Gasteiger partial charge in [0.2, 0.25) is 0 Å². The molecule has 0 unspecified atom stereocenters. The fraction of sp³-hybridized carbons (Fsp3) is 0.265. The smallest absolute Gasteiger partial charge is 0.185 e. The molecule has 3 aromatic rings. The maximum absolute atomic E-state index is 13.4. The number of hydrogen-bond acceptors (Lipinski definition) is 4. The molecular weight excluding hydrogens is 484 g/mol. The second kappa shape index (κ2) is 9.67. The van der Waals surface area contributed by atoms with Gasteiger partial charge < -0.3 is 9.80 Å². The number of fused-ring (bicyclic) bond motifs is 4. The Morgan fingerprint density at radius 3 is 2.24 bits per heavy atom. The molecule has 0 N–H and O–H groups in total. The van der Waals surface area contributed by atoms with E-state index in [0.29, 0.717) is 0 Å². The normalized spacial score (nSPS) is 22.5. The standard InChI is InChI=1S/C34H34N2OS/c1-5-35-28-20-17-23-11-7-8-12-26(23)32(28)34(3,4)30(35)21-18-24-15-16-25(33(24)37)19-22-31-36(6-2)27-13-9-10-14-29(27)38-31/h7-14,17-22H,5-6,15-16H2,1-4H3/b24-18+,25-19-,30-21+,31-22+. The van der Waals surface area contributed by atoms with Crippen LogP contribution in [0.2, 0.25) is 0 Å². The highest BCUT2D eigenvalue weighted by atomic mass is 32.2. The molecule has 38 heavy (non-hydrogen) atoms. The number of benzene rings is 3. The first-order valence-corrected chi connectivity index (χ1v) is 14.5. The Balaban J connectivity index is 1.29. The first-order chi connectivity index (χ1) is 18.4. The van der Waals surface area contributed by atoms with Crippen LogP contribution in [0.1, 0.15) is 46.1 Å². The predicted octanol–water partition coefficient (Wildman–Crippen LogP) is 8.53. The molecule has 6 rings (SSSR count). The Kier molecular flexibility index (Phi) is 6.31. The summed E-state index contributed by atoms with van der Waals surface area (Å²) in [7, 11) is 0. The lowest BCUT2D eigenvalue weighted by molar-refractivity contribution is -0.111. The van der Waals surface area contributed by atoms with Crippen molar-refractivity contribution in [1.82, 2.24) is 0 Å². The number of para-hydroxylation sites is 1. The van der Waals surface area contributed by atoms with Gasteiger partial charge in [0.05, 0.1) is 10.7 Å². The van der Waals surface area contributed by atoms with Crippen LogP contribution in [0, 0.1) is 0 Å². The van der Waals surface area contributed by atoms with E-state index in [-0.39, 0.29) is 11.2 Å².